The molecule has 1 aliphatic rings. The summed E-state index contributed by atoms with van der Waals surface area (Å²) in [5, 5.41) is 9.59. The van der Waals surface area contributed by atoms with E-state index in [1.807, 2.05) is 18.2 Å². The van der Waals surface area contributed by atoms with Crippen molar-refractivity contribution in [3.63, 3.8) is 0 Å². The van der Waals surface area contributed by atoms with Crippen LogP contribution in [-0.2, 0) is 13.1 Å². The monoisotopic (exact) mass is 400 g/mol. The molecule has 6 heteroatoms. The molecular weight excluding hydrogens is 368 g/mol. The molecule has 1 fully saturated rings. The van der Waals surface area contributed by atoms with Crippen molar-refractivity contribution in [2.45, 2.75) is 25.6 Å². The van der Waals surface area contributed by atoms with Crippen LogP contribution in [0.1, 0.15) is 17.5 Å². The highest BCUT2D eigenvalue weighted by Crippen LogP contribution is 2.35. The number of ether oxygens (including phenoxy) is 3. The van der Waals surface area contributed by atoms with Crippen LogP contribution in [0.5, 0.6) is 17.2 Å². The molecule has 2 aromatic carbocycles. The number of rotatable bonds is 9. The minimum absolute atomic E-state index is 0.198. The zero-order chi connectivity index (χ0) is 20.6. The van der Waals surface area contributed by atoms with Gasteiger partial charge in [0.15, 0.2) is 11.5 Å². The van der Waals surface area contributed by atoms with Crippen molar-refractivity contribution in [2.75, 3.05) is 47.6 Å². The quantitative estimate of drug-likeness (QED) is 0.699. The van der Waals surface area contributed by atoms with Crippen molar-refractivity contribution in [3.05, 3.63) is 53.6 Å². The standard InChI is InChI=1S/C23H32N2O4/c1-27-21-14-23(29-3)22(28-2)13-19(21)16-24-10-11-25(20(17-24)9-12-26)15-18-7-5-4-6-8-18/h4-8,13-14,20,26H,9-12,15-17H2,1-3H3. The third kappa shape index (κ3) is 5.41. The number of methoxy groups -OCH3 is 3. The number of piperazine rings is 1. The molecule has 1 aliphatic heterocycles. The summed E-state index contributed by atoms with van der Waals surface area (Å²) in [6, 6.07) is 14.7. The molecule has 3 rings (SSSR count). The second-order valence-corrected chi connectivity index (χ2v) is 7.38. The molecule has 1 heterocycles. The Morgan fingerprint density at radius 3 is 2.24 bits per heavy atom. The highest BCUT2D eigenvalue weighted by molar-refractivity contribution is 5.50. The lowest BCUT2D eigenvalue weighted by Gasteiger charge is -2.41. The van der Waals surface area contributed by atoms with Gasteiger partial charge in [0.05, 0.1) is 21.3 Å². The molecule has 0 aromatic heterocycles. The van der Waals surface area contributed by atoms with E-state index < -0.39 is 0 Å². The summed E-state index contributed by atoms with van der Waals surface area (Å²) in [6.07, 6.45) is 0.770. The van der Waals surface area contributed by atoms with E-state index in [1.165, 1.54) is 5.56 Å². The first-order valence-corrected chi connectivity index (χ1v) is 10.1. The Morgan fingerprint density at radius 1 is 0.897 bits per heavy atom. The minimum Gasteiger partial charge on any atom is -0.496 e. The molecule has 1 saturated heterocycles. The normalized spacial score (nSPS) is 17.9. The van der Waals surface area contributed by atoms with Crippen LogP contribution in [-0.4, -0.2) is 68.5 Å². The van der Waals surface area contributed by atoms with Crippen molar-refractivity contribution in [1.29, 1.82) is 0 Å². The van der Waals surface area contributed by atoms with E-state index in [0.717, 1.165) is 50.5 Å². The second kappa shape index (κ2) is 10.5. The summed E-state index contributed by atoms with van der Waals surface area (Å²) in [6.45, 7) is 4.72. The Hall–Kier alpha value is -2.28. The van der Waals surface area contributed by atoms with Crippen LogP contribution in [0.15, 0.2) is 42.5 Å². The largest absolute Gasteiger partial charge is 0.496 e. The highest BCUT2D eigenvalue weighted by atomic mass is 16.5. The SMILES string of the molecule is COc1cc(OC)c(OC)cc1CN1CCN(Cc2ccccc2)C(CCO)C1. The number of benzene rings is 2. The van der Waals surface area contributed by atoms with Crippen molar-refractivity contribution in [1.82, 2.24) is 9.80 Å². The van der Waals surface area contributed by atoms with Crippen LogP contribution >= 0.6 is 0 Å². The predicted molar refractivity (Wildman–Crippen MR) is 114 cm³/mol. The van der Waals surface area contributed by atoms with E-state index in [1.54, 1.807) is 21.3 Å². The van der Waals surface area contributed by atoms with Gasteiger partial charge in [0.1, 0.15) is 5.75 Å². The fourth-order valence-corrected chi connectivity index (χ4v) is 4.01. The number of hydrogen-bond donors (Lipinski definition) is 1. The predicted octanol–water partition coefficient (Wildman–Crippen LogP) is 2.78. The van der Waals surface area contributed by atoms with Crippen molar-refractivity contribution in [3.8, 4) is 17.2 Å². The van der Waals surface area contributed by atoms with Crippen LogP contribution in [0.25, 0.3) is 0 Å². The fourth-order valence-electron chi connectivity index (χ4n) is 4.01. The molecule has 0 bridgehead atoms. The molecule has 6 nitrogen and oxygen atoms in total. The Balaban J connectivity index is 1.71. The average molecular weight is 401 g/mol. The van der Waals surface area contributed by atoms with Gasteiger partial charge in [-0.3, -0.25) is 9.80 Å². The molecule has 0 aliphatic carbocycles. The van der Waals surface area contributed by atoms with E-state index in [2.05, 4.69) is 34.1 Å². The zero-order valence-electron chi connectivity index (χ0n) is 17.6. The summed E-state index contributed by atoms with van der Waals surface area (Å²) in [5.74, 6) is 2.17. The Kier molecular flexibility index (Phi) is 7.75. The van der Waals surface area contributed by atoms with Crippen molar-refractivity contribution >= 4 is 0 Å². The lowest BCUT2D eigenvalue weighted by atomic mass is 10.1. The molecule has 2 aromatic rings. The van der Waals surface area contributed by atoms with E-state index in [4.69, 9.17) is 14.2 Å². The van der Waals surface area contributed by atoms with Gasteiger partial charge < -0.3 is 19.3 Å². The van der Waals surface area contributed by atoms with Gasteiger partial charge in [0.25, 0.3) is 0 Å². The van der Waals surface area contributed by atoms with E-state index in [0.29, 0.717) is 17.5 Å². The molecule has 1 N–H and O–H groups in total. The van der Waals surface area contributed by atoms with E-state index >= 15 is 0 Å². The van der Waals surface area contributed by atoms with Gasteiger partial charge in [0.2, 0.25) is 0 Å². The molecule has 0 radical (unpaired) electrons. The van der Waals surface area contributed by atoms with Crippen molar-refractivity contribution < 1.29 is 19.3 Å². The van der Waals surface area contributed by atoms with Crippen LogP contribution in [0.4, 0.5) is 0 Å². The number of nitrogens with zero attached hydrogens (tertiary/aromatic N) is 2. The fraction of sp³-hybridized carbons (Fsp3) is 0.478. The van der Waals surface area contributed by atoms with Crippen LogP contribution in [0, 0.1) is 0 Å². The maximum Gasteiger partial charge on any atom is 0.164 e. The number of aliphatic hydroxyl groups is 1. The van der Waals surface area contributed by atoms with Crippen LogP contribution in [0.3, 0.4) is 0 Å². The topological polar surface area (TPSA) is 54.4 Å². The van der Waals surface area contributed by atoms with Gasteiger partial charge >= 0.3 is 0 Å². The maximum atomic E-state index is 9.59. The molecule has 0 amide bonds. The average Bonchev–Trinajstić information content (AvgIpc) is 2.76. The molecular formula is C23H32N2O4. The van der Waals surface area contributed by atoms with Crippen LogP contribution < -0.4 is 14.2 Å². The number of hydrogen-bond acceptors (Lipinski definition) is 6. The molecule has 0 spiro atoms. The summed E-state index contributed by atoms with van der Waals surface area (Å²) >= 11 is 0. The lowest BCUT2D eigenvalue weighted by molar-refractivity contribution is 0.0496. The Labute approximate surface area is 173 Å². The Morgan fingerprint density at radius 2 is 1.59 bits per heavy atom. The summed E-state index contributed by atoms with van der Waals surface area (Å²) in [7, 11) is 4.95. The zero-order valence-corrected chi connectivity index (χ0v) is 17.6. The molecule has 0 saturated carbocycles. The van der Waals surface area contributed by atoms with Gasteiger partial charge in [-0.1, -0.05) is 30.3 Å². The minimum atomic E-state index is 0.198. The third-order valence-corrected chi connectivity index (χ3v) is 5.56. The highest BCUT2D eigenvalue weighted by Gasteiger charge is 2.27. The molecule has 1 atom stereocenters. The summed E-state index contributed by atoms with van der Waals surface area (Å²) < 4.78 is 16.4. The Bertz CT molecular complexity index is 769. The van der Waals surface area contributed by atoms with Gasteiger partial charge in [-0.2, -0.15) is 0 Å². The first-order chi connectivity index (χ1) is 14.2. The summed E-state index contributed by atoms with van der Waals surface area (Å²) in [5.41, 5.74) is 2.38. The van der Waals surface area contributed by atoms with Gasteiger partial charge in [0, 0.05) is 57.0 Å². The van der Waals surface area contributed by atoms with E-state index in [9.17, 15) is 5.11 Å². The van der Waals surface area contributed by atoms with Gasteiger partial charge in [-0.15, -0.1) is 0 Å². The number of aliphatic hydroxyl groups excluding tert-OH is 1. The molecule has 1 unspecified atom stereocenters. The smallest absolute Gasteiger partial charge is 0.164 e. The first-order valence-electron chi connectivity index (χ1n) is 10.1. The van der Waals surface area contributed by atoms with Crippen molar-refractivity contribution in [2.24, 2.45) is 0 Å². The maximum absolute atomic E-state index is 9.59. The van der Waals surface area contributed by atoms with Crippen LogP contribution in [0.2, 0.25) is 0 Å². The first kappa shape index (κ1) is 21.4. The summed E-state index contributed by atoms with van der Waals surface area (Å²) in [4.78, 5) is 4.90. The van der Waals surface area contributed by atoms with Gasteiger partial charge in [-0.05, 0) is 18.1 Å². The van der Waals surface area contributed by atoms with Gasteiger partial charge in [-0.25, -0.2) is 0 Å². The molecule has 158 valence electrons. The molecule has 29 heavy (non-hydrogen) atoms. The third-order valence-electron chi connectivity index (χ3n) is 5.56. The van der Waals surface area contributed by atoms with E-state index in [-0.39, 0.29) is 6.61 Å². The second-order valence-electron chi connectivity index (χ2n) is 7.38. The lowest BCUT2D eigenvalue weighted by Crippen LogP contribution is -2.52.